The van der Waals surface area contributed by atoms with E-state index in [0.717, 1.165) is 12.8 Å². The van der Waals surface area contributed by atoms with Crippen LogP contribution in [0.2, 0.25) is 0 Å². The highest BCUT2D eigenvalue weighted by molar-refractivity contribution is 6.10. The molecule has 0 fully saturated rings. The zero-order chi connectivity index (χ0) is 19.6. The predicted molar refractivity (Wildman–Crippen MR) is 99.5 cm³/mol. The fraction of sp³-hybridized carbons (Fsp3) is 0.300. The van der Waals surface area contributed by atoms with Crippen molar-refractivity contribution in [3.8, 4) is 11.1 Å². The number of carbonyl (C=O) groups excluding carboxylic acids is 3. The topological polar surface area (TPSA) is 105 Å². The summed E-state index contributed by atoms with van der Waals surface area (Å²) in [6.45, 7) is 3.43. The number of imide groups is 1. The first-order valence-electron chi connectivity index (χ1n) is 8.81. The second kappa shape index (κ2) is 7.57. The third-order valence-electron chi connectivity index (χ3n) is 4.38. The van der Waals surface area contributed by atoms with Crippen LogP contribution < -0.4 is 16.3 Å². The van der Waals surface area contributed by atoms with E-state index < -0.39 is 17.4 Å². The quantitative estimate of drug-likeness (QED) is 0.789. The minimum absolute atomic E-state index is 0.124. The van der Waals surface area contributed by atoms with Gasteiger partial charge in [-0.3, -0.25) is 19.7 Å². The van der Waals surface area contributed by atoms with E-state index in [2.05, 4.69) is 10.6 Å². The summed E-state index contributed by atoms with van der Waals surface area (Å²) < 4.78 is 5.33. The average molecular weight is 368 g/mol. The second-order valence-electron chi connectivity index (χ2n) is 6.46. The van der Waals surface area contributed by atoms with Crippen LogP contribution in [-0.2, 0) is 22.4 Å². The van der Waals surface area contributed by atoms with E-state index in [4.69, 9.17) is 4.42 Å². The van der Waals surface area contributed by atoms with Crippen molar-refractivity contribution >= 4 is 23.4 Å². The van der Waals surface area contributed by atoms with Gasteiger partial charge in [0.15, 0.2) is 0 Å². The van der Waals surface area contributed by atoms with Gasteiger partial charge in [0.25, 0.3) is 5.91 Å². The van der Waals surface area contributed by atoms with Crippen LogP contribution in [0.25, 0.3) is 11.1 Å². The lowest BCUT2D eigenvalue weighted by atomic mass is 9.91. The Balaban J connectivity index is 2.15. The van der Waals surface area contributed by atoms with E-state index in [-0.39, 0.29) is 23.7 Å². The number of carbonyl (C=O) groups is 3. The molecule has 7 nitrogen and oxygen atoms in total. The number of fused-ring (bicyclic) bond motifs is 1. The Morgan fingerprint density at radius 3 is 2.48 bits per heavy atom. The zero-order valence-electron chi connectivity index (χ0n) is 15.2. The number of amides is 3. The Morgan fingerprint density at radius 1 is 1.15 bits per heavy atom. The zero-order valence-corrected chi connectivity index (χ0v) is 15.2. The molecule has 1 aliphatic rings. The number of rotatable bonds is 5. The fourth-order valence-electron chi connectivity index (χ4n) is 3.22. The molecule has 1 aromatic carbocycles. The van der Waals surface area contributed by atoms with E-state index in [1.807, 2.05) is 6.92 Å². The van der Waals surface area contributed by atoms with Crippen molar-refractivity contribution < 1.29 is 18.8 Å². The number of hydrogen-bond donors (Lipinski definition) is 2. The maximum absolute atomic E-state index is 12.7. The Morgan fingerprint density at radius 2 is 1.85 bits per heavy atom. The van der Waals surface area contributed by atoms with Crippen LogP contribution >= 0.6 is 0 Å². The second-order valence-corrected chi connectivity index (χ2v) is 6.46. The van der Waals surface area contributed by atoms with Gasteiger partial charge in [-0.2, -0.15) is 0 Å². The van der Waals surface area contributed by atoms with Crippen LogP contribution in [0.15, 0.2) is 33.5 Å². The van der Waals surface area contributed by atoms with Gasteiger partial charge in [-0.15, -0.1) is 0 Å². The largest absolute Gasteiger partial charge is 0.426 e. The maximum Gasteiger partial charge on any atom is 0.344 e. The lowest BCUT2D eigenvalue weighted by Gasteiger charge is -2.19. The van der Waals surface area contributed by atoms with Crippen molar-refractivity contribution in [3.63, 3.8) is 0 Å². The van der Waals surface area contributed by atoms with Gasteiger partial charge in [0.05, 0.1) is 17.5 Å². The molecule has 0 unspecified atom stereocenters. The van der Waals surface area contributed by atoms with Gasteiger partial charge in [-0.05, 0) is 36.1 Å². The highest BCUT2D eigenvalue weighted by atomic mass is 16.4. The lowest BCUT2D eigenvalue weighted by molar-refractivity contribution is -0.120. The van der Waals surface area contributed by atoms with Crippen LogP contribution in [0.1, 0.15) is 48.4 Å². The molecule has 3 amide bonds. The van der Waals surface area contributed by atoms with Gasteiger partial charge in [0.1, 0.15) is 5.76 Å². The van der Waals surface area contributed by atoms with Crippen molar-refractivity contribution in [2.24, 2.45) is 0 Å². The normalized spacial score (nSPS) is 13.1. The Hall–Kier alpha value is -3.22. The van der Waals surface area contributed by atoms with E-state index in [9.17, 15) is 19.2 Å². The highest BCUT2D eigenvalue weighted by Gasteiger charge is 2.31. The van der Waals surface area contributed by atoms with Crippen molar-refractivity contribution in [2.75, 3.05) is 5.32 Å². The molecular weight excluding hydrogens is 348 g/mol. The summed E-state index contributed by atoms with van der Waals surface area (Å²) in [6, 6.07) is 6.77. The van der Waals surface area contributed by atoms with Gasteiger partial charge < -0.3 is 9.73 Å². The van der Waals surface area contributed by atoms with Gasteiger partial charge in [0, 0.05) is 12.6 Å². The third kappa shape index (κ3) is 3.81. The van der Waals surface area contributed by atoms with Crippen LogP contribution in [0.3, 0.4) is 0 Å². The first-order chi connectivity index (χ1) is 12.9. The molecule has 1 aromatic heterocycles. The standard InChI is InChI=1S/C20H20N2O5/c1-3-4-5-14-17(12-6-8-13(9-7-12)21-11(2)23)20(26)27-15-10-16(24)22-19(25)18(14)15/h6-9H,3-5,10H2,1-2H3,(H,21,23)(H,22,24,25). The fourth-order valence-corrected chi connectivity index (χ4v) is 3.22. The molecule has 0 saturated heterocycles. The minimum Gasteiger partial charge on any atom is -0.426 e. The number of benzene rings is 1. The minimum atomic E-state index is -0.574. The number of anilines is 1. The Bertz CT molecular complexity index is 973. The monoisotopic (exact) mass is 368 g/mol. The number of hydrogen-bond acceptors (Lipinski definition) is 5. The van der Waals surface area contributed by atoms with Crippen LogP contribution in [0.5, 0.6) is 0 Å². The lowest BCUT2D eigenvalue weighted by Crippen LogP contribution is -2.39. The smallest absolute Gasteiger partial charge is 0.344 e. The summed E-state index contributed by atoms with van der Waals surface area (Å²) in [7, 11) is 0. The van der Waals surface area contributed by atoms with E-state index in [1.165, 1.54) is 6.92 Å². The molecule has 0 radical (unpaired) electrons. The van der Waals surface area contributed by atoms with Crippen LogP contribution in [0.4, 0.5) is 5.69 Å². The highest BCUT2D eigenvalue weighted by Crippen LogP contribution is 2.29. The van der Waals surface area contributed by atoms with Gasteiger partial charge in [-0.25, -0.2) is 4.79 Å². The predicted octanol–water partition coefficient (Wildman–Crippen LogP) is 2.42. The molecule has 3 rings (SSSR count). The van der Waals surface area contributed by atoms with Gasteiger partial charge in [0.2, 0.25) is 11.8 Å². The molecule has 0 spiro atoms. The maximum atomic E-state index is 12.7. The Kier molecular flexibility index (Phi) is 5.21. The number of nitrogens with one attached hydrogen (secondary N) is 2. The SMILES string of the molecule is CCCCc1c2c(oc(=O)c1-c1ccc(NC(C)=O)cc1)CC(=O)NC2=O. The molecule has 27 heavy (non-hydrogen) atoms. The molecule has 140 valence electrons. The molecule has 2 N–H and O–H groups in total. The van der Waals surface area contributed by atoms with Gasteiger partial charge >= 0.3 is 5.63 Å². The summed E-state index contributed by atoms with van der Waals surface area (Å²) in [5.74, 6) is -1.09. The molecule has 0 saturated carbocycles. The average Bonchev–Trinajstić information content (AvgIpc) is 2.59. The van der Waals surface area contributed by atoms with Crippen molar-refractivity contribution in [1.82, 2.24) is 5.32 Å². The summed E-state index contributed by atoms with van der Waals surface area (Å²) in [6.07, 6.45) is 2.07. The van der Waals surface area contributed by atoms with Crippen LogP contribution in [0, 0.1) is 0 Å². The van der Waals surface area contributed by atoms with Crippen molar-refractivity contribution in [3.05, 3.63) is 51.6 Å². The molecule has 1 aliphatic heterocycles. The van der Waals surface area contributed by atoms with Gasteiger partial charge in [-0.1, -0.05) is 25.5 Å². The summed E-state index contributed by atoms with van der Waals surface area (Å²) in [4.78, 5) is 47.9. The third-order valence-corrected chi connectivity index (χ3v) is 4.38. The molecule has 2 aromatic rings. The van der Waals surface area contributed by atoms with E-state index in [0.29, 0.717) is 28.8 Å². The summed E-state index contributed by atoms with van der Waals surface area (Å²) in [5, 5.41) is 4.96. The first kappa shape index (κ1) is 18.6. The molecule has 7 heteroatoms. The van der Waals surface area contributed by atoms with Crippen molar-refractivity contribution in [1.29, 1.82) is 0 Å². The molecular formula is C20H20N2O5. The van der Waals surface area contributed by atoms with Crippen LogP contribution in [-0.4, -0.2) is 17.7 Å². The first-order valence-corrected chi connectivity index (χ1v) is 8.81. The van der Waals surface area contributed by atoms with Crippen molar-refractivity contribution in [2.45, 2.75) is 39.5 Å². The molecule has 2 heterocycles. The Labute approximate surface area is 155 Å². The summed E-state index contributed by atoms with van der Waals surface area (Å²) >= 11 is 0. The molecule has 0 aliphatic carbocycles. The summed E-state index contributed by atoms with van der Waals surface area (Å²) in [5.41, 5.74) is 1.82. The number of unbranched alkanes of at least 4 members (excludes halogenated alkanes) is 1. The van der Waals surface area contributed by atoms with E-state index >= 15 is 0 Å². The molecule has 0 atom stereocenters. The van der Waals surface area contributed by atoms with E-state index in [1.54, 1.807) is 24.3 Å². The molecule has 0 bridgehead atoms.